The maximum absolute atomic E-state index is 11.7. The molecule has 0 spiro atoms. The summed E-state index contributed by atoms with van der Waals surface area (Å²) in [7, 11) is 2.08. The second kappa shape index (κ2) is 7.47. The number of esters is 1. The predicted molar refractivity (Wildman–Crippen MR) is 77.4 cm³/mol. The molecule has 1 aromatic heterocycles. The lowest BCUT2D eigenvalue weighted by Crippen LogP contribution is -2.44. The summed E-state index contributed by atoms with van der Waals surface area (Å²) in [5.41, 5.74) is 0.478. The number of ether oxygens (including phenoxy) is 1. The Morgan fingerprint density at radius 1 is 1.25 bits per heavy atom. The van der Waals surface area contributed by atoms with Gasteiger partial charge in [-0.1, -0.05) is 0 Å². The van der Waals surface area contributed by atoms with Gasteiger partial charge in [-0.3, -0.25) is 9.88 Å². The van der Waals surface area contributed by atoms with Crippen LogP contribution < -0.4 is 5.69 Å². The number of carbonyl (C=O) groups is 1. The molecule has 2 rings (SSSR count). The van der Waals surface area contributed by atoms with Crippen LogP contribution in [0.15, 0.2) is 4.79 Å². The van der Waals surface area contributed by atoms with Crippen molar-refractivity contribution in [3.8, 4) is 0 Å². The van der Waals surface area contributed by atoms with Gasteiger partial charge in [-0.25, -0.2) is 9.59 Å². The van der Waals surface area contributed by atoms with Crippen LogP contribution in [-0.4, -0.2) is 65.6 Å². The highest BCUT2D eigenvalue weighted by Crippen LogP contribution is 2.09. The van der Waals surface area contributed by atoms with Crippen LogP contribution in [0.5, 0.6) is 0 Å². The van der Waals surface area contributed by atoms with E-state index in [4.69, 9.17) is 4.74 Å². The lowest BCUT2D eigenvalue weighted by molar-refractivity contribution is 0.0516. The Labute approximate surface area is 123 Å². The van der Waals surface area contributed by atoms with Crippen LogP contribution in [0.4, 0.5) is 0 Å². The molecule has 8 heteroatoms. The van der Waals surface area contributed by atoms with E-state index in [0.717, 1.165) is 26.2 Å². The Balaban J connectivity index is 0.00000200. The second-order valence-electron chi connectivity index (χ2n) is 4.73. The minimum absolute atomic E-state index is 0. The number of hydrogen-bond acceptors (Lipinski definition) is 5. The van der Waals surface area contributed by atoms with E-state index in [1.165, 1.54) is 0 Å². The molecule has 0 aliphatic carbocycles. The number of hydrogen-bond donors (Lipinski definition) is 2. The van der Waals surface area contributed by atoms with Crippen LogP contribution in [0.2, 0.25) is 0 Å². The molecule has 20 heavy (non-hydrogen) atoms. The van der Waals surface area contributed by atoms with Crippen LogP contribution in [0, 0.1) is 0 Å². The van der Waals surface area contributed by atoms with E-state index in [1.54, 1.807) is 6.92 Å². The maximum atomic E-state index is 11.7. The van der Waals surface area contributed by atoms with E-state index in [0.29, 0.717) is 18.8 Å². The molecule has 0 aromatic carbocycles. The molecule has 114 valence electrons. The molecule has 0 saturated carbocycles. The van der Waals surface area contributed by atoms with Crippen LogP contribution in [0.3, 0.4) is 0 Å². The highest BCUT2D eigenvalue weighted by molar-refractivity contribution is 5.88. The maximum Gasteiger partial charge on any atom is 0.356 e. The van der Waals surface area contributed by atoms with Gasteiger partial charge in [-0.15, -0.1) is 12.4 Å². The van der Waals surface area contributed by atoms with E-state index in [9.17, 15) is 9.59 Å². The third-order valence-electron chi connectivity index (χ3n) is 3.26. The van der Waals surface area contributed by atoms with Crippen molar-refractivity contribution in [1.29, 1.82) is 0 Å². The lowest BCUT2D eigenvalue weighted by Gasteiger charge is -2.32. The molecule has 0 atom stereocenters. The van der Waals surface area contributed by atoms with Gasteiger partial charge >= 0.3 is 11.7 Å². The average molecular weight is 305 g/mol. The third kappa shape index (κ3) is 4.09. The van der Waals surface area contributed by atoms with Gasteiger partial charge in [-0.2, -0.15) is 0 Å². The standard InChI is InChI=1S/C12H20N4O3.ClH/c1-3-19-11(17)10-9(13-12(18)14-10)8-16-6-4-15(2)5-7-16;/h3-8H2,1-2H3,(H2,13,14,18);1H. The summed E-state index contributed by atoms with van der Waals surface area (Å²) in [5, 5.41) is 0. The first-order chi connectivity index (χ1) is 9.10. The average Bonchev–Trinajstić information content (AvgIpc) is 2.74. The molecule has 0 bridgehead atoms. The Bertz CT molecular complexity index is 491. The quantitative estimate of drug-likeness (QED) is 0.768. The number of rotatable bonds is 4. The van der Waals surface area contributed by atoms with Gasteiger partial charge in [0.2, 0.25) is 0 Å². The minimum atomic E-state index is -0.482. The van der Waals surface area contributed by atoms with Crippen LogP contribution in [0.1, 0.15) is 23.1 Å². The Morgan fingerprint density at radius 2 is 1.90 bits per heavy atom. The van der Waals surface area contributed by atoms with Crippen molar-refractivity contribution in [2.45, 2.75) is 13.5 Å². The number of carbonyl (C=O) groups excluding carboxylic acids is 1. The lowest BCUT2D eigenvalue weighted by atomic mass is 10.2. The first-order valence-electron chi connectivity index (χ1n) is 6.49. The number of imidazole rings is 1. The van der Waals surface area contributed by atoms with Crippen molar-refractivity contribution in [2.75, 3.05) is 39.8 Å². The highest BCUT2D eigenvalue weighted by atomic mass is 35.5. The molecule has 1 saturated heterocycles. The molecule has 2 N–H and O–H groups in total. The summed E-state index contributed by atoms with van der Waals surface area (Å²) < 4.78 is 4.93. The molecular formula is C12H21ClN4O3. The second-order valence-corrected chi connectivity index (χ2v) is 4.73. The van der Waals surface area contributed by atoms with Crippen LogP contribution in [0.25, 0.3) is 0 Å². The van der Waals surface area contributed by atoms with E-state index in [2.05, 4.69) is 26.8 Å². The molecule has 0 unspecified atom stereocenters. The Kier molecular flexibility index (Phi) is 6.25. The van der Waals surface area contributed by atoms with Crippen molar-refractivity contribution >= 4 is 18.4 Å². The molecule has 0 radical (unpaired) electrons. The fraction of sp³-hybridized carbons (Fsp3) is 0.667. The minimum Gasteiger partial charge on any atom is -0.461 e. The molecule has 1 fully saturated rings. The van der Waals surface area contributed by atoms with Gasteiger partial charge in [0.15, 0.2) is 0 Å². The smallest absolute Gasteiger partial charge is 0.356 e. The largest absolute Gasteiger partial charge is 0.461 e. The molecule has 7 nitrogen and oxygen atoms in total. The number of likely N-dealkylation sites (N-methyl/N-ethyl adjacent to an activating group) is 1. The molecule has 2 heterocycles. The van der Waals surface area contributed by atoms with Crippen molar-refractivity contribution < 1.29 is 9.53 Å². The topological polar surface area (TPSA) is 81.4 Å². The molecule has 1 aliphatic heterocycles. The zero-order valence-electron chi connectivity index (χ0n) is 11.8. The first kappa shape index (κ1) is 16.7. The summed E-state index contributed by atoms with van der Waals surface area (Å²) in [6, 6.07) is 0. The fourth-order valence-electron chi connectivity index (χ4n) is 2.15. The van der Waals surface area contributed by atoms with Gasteiger partial charge in [0, 0.05) is 32.7 Å². The van der Waals surface area contributed by atoms with E-state index in [1.807, 2.05) is 0 Å². The molecule has 1 aliphatic rings. The van der Waals surface area contributed by atoms with Crippen molar-refractivity contribution in [1.82, 2.24) is 19.8 Å². The normalized spacial score (nSPS) is 16.7. The van der Waals surface area contributed by atoms with Crippen molar-refractivity contribution in [2.24, 2.45) is 0 Å². The van der Waals surface area contributed by atoms with E-state index < -0.39 is 5.97 Å². The summed E-state index contributed by atoms with van der Waals surface area (Å²) >= 11 is 0. The fourth-order valence-corrected chi connectivity index (χ4v) is 2.15. The summed E-state index contributed by atoms with van der Waals surface area (Å²) in [5.74, 6) is -0.482. The number of halogens is 1. The summed E-state index contributed by atoms with van der Waals surface area (Å²) in [4.78, 5) is 32.7. The van der Waals surface area contributed by atoms with Crippen molar-refractivity contribution in [3.63, 3.8) is 0 Å². The van der Waals surface area contributed by atoms with E-state index >= 15 is 0 Å². The monoisotopic (exact) mass is 304 g/mol. The zero-order valence-corrected chi connectivity index (χ0v) is 12.6. The molecule has 0 amide bonds. The zero-order chi connectivity index (χ0) is 13.8. The van der Waals surface area contributed by atoms with Gasteiger partial charge in [0.1, 0.15) is 5.69 Å². The Hall–Kier alpha value is -1.31. The number of H-pyrrole nitrogens is 2. The number of aromatic nitrogens is 2. The van der Waals surface area contributed by atoms with Gasteiger partial charge in [0.25, 0.3) is 0 Å². The van der Waals surface area contributed by atoms with Crippen molar-refractivity contribution in [3.05, 3.63) is 21.9 Å². The SMILES string of the molecule is CCOC(=O)c1[nH]c(=O)[nH]c1CN1CCN(C)CC1.Cl. The van der Waals surface area contributed by atoms with Crippen LogP contribution in [-0.2, 0) is 11.3 Å². The summed E-state index contributed by atoms with van der Waals surface area (Å²) in [6.07, 6.45) is 0. The number of nitrogens with zero attached hydrogens (tertiary/aromatic N) is 2. The van der Waals surface area contributed by atoms with Gasteiger partial charge < -0.3 is 14.6 Å². The van der Waals surface area contributed by atoms with Crippen LogP contribution >= 0.6 is 12.4 Å². The number of nitrogens with one attached hydrogen (secondary N) is 2. The first-order valence-corrected chi connectivity index (χ1v) is 6.49. The van der Waals surface area contributed by atoms with Gasteiger partial charge in [0.05, 0.1) is 12.3 Å². The molecule has 1 aromatic rings. The number of piperazine rings is 1. The van der Waals surface area contributed by atoms with Gasteiger partial charge in [-0.05, 0) is 14.0 Å². The third-order valence-corrected chi connectivity index (χ3v) is 3.26. The Morgan fingerprint density at radius 3 is 2.50 bits per heavy atom. The number of aromatic amines is 2. The summed E-state index contributed by atoms with van der Waals surface area (Å²) in [6.45, 7) is 6.41. The van der Waals surface area contributed by atoms with E-state index in [-0.39, 0.29) is 23.8 Å². The molecular weight excluding hydrogens is 284 g/mol. The highest BCUT2D eigenvalue weighted by Gasteiger charge is 2.20. The predicted octanol–water partition coefficient (Wildman–Crippen LogP) is 0.0489.